The largest absolute Gasteiger partial charge is 0.481 e. The number of thioether (sulfide) groups is 1. The molecular weight excluding hydrogens is 855 g/mol. The van der Waals surface area contributed by atoms with Crippen LogP contribution in [0, 0.1) is 5.41 Å². The van der Waals surface area contributed by atoms with Gasteiger partial charge in [-0.05, 0) is 19.8 Å². The van der Waals surface area contributed by atoms with Crippen LogP contribution in [0.2, 0.25) is 0 Å². The first kappa shape index (κ1) is 49.4. The Balaban J connectivity index is 1.45. The summed E-state index contributed by atoms with van der Waals surface area (Å²) in [6, 6.07) is 0. The molecule has 0 radical (unpaired) electrons. The molecule has 1 saturated heterocycles. The summed E-state index contributed by atoms with van der Waals surface area (Å²) in [4.78, 5) is 87.6. The van der Waals surface area contributed by atoms with Gasteiger partial charge in [0.1, 0.15) is 36.3 Å². The van der Waals surface area contributed by atoms with E-state index in [1.165, 1.54) is 13.8 Å². The molecule has 1 fully saturated rings. The van der Waals surface area contributed by atoms with Crippen LogP contribution in [0.25, 0.3) is 11.2 Å². The average molecular weight is 904 g/mol. The number of allylic oxidation sites excluding steroid dienone is 4. The molecule has 0 bridgehead atoms. The molecule has 3 rings (SSSR count). The van der Waals surface area contributed by atoms with Crippen molar-refractivity contribution in [2.24, 2.45) is 5.41 Å². The van der Waals surface area contributed by atoms with Crippen LogP contribution in [0.4, 0.5) is 5.82 Å². The van der Waals surface area contributed by atoms with Crippen molar-refractivity contribution in [1.29, 1.82) is 0 Å². The maximum Gasteiger partial charge on any atom is 0.481 e. The Morgan fingerprint density at radius 1 is 1.03 bits per heavy atom. The minimum absolute atomic E-state index is 0.0302. The van der Waals surface area contributed by atoms with Crippen LogP contribution in [-0.2, 0) is 50.7 Å². The number of fused-ring (bicyclic) bond motifs is 1. The molecule has 0 saturated carbocycles. The minimum atomic E-state index is -5.57. The third-order valence-corrected chi connectivity index (χ3v) is 11.9. The van der Waals surface area contributed by atoms with E-state index in [9.17, 15) is 57.9 Å². The van der Waals surface area contributed by atoms with Gasteiger partial charge in [0.25, 0.3) is 0 Å². The number of carbonyl (C=O) groups excluding carboxylic acids is 3. The molecule has 24 nitrogen and oxygen atoms in total. The lowest BCUT2D eigenvalue weighted by Gasteiger charge is -2.30. The summed E-state index contributed by atoms with van der Waals surface area (Å²) < 4.78 is 62.1. The van der Waals surface area contributed by atoms with Crippen LogP contribution in [0.5, 0.6) is 0 Å². The van der Waals surface area contributed by atoms with Crippen molar-refractivity contribution in [1.82, 2.24) is 30.2 Å². The fourth-order valence-electron chi connectivity index (χ4n) is 5.01. The number of hydrogen-bond donors (Lipinski definition) is 9. The van der Waals surface area contributed by atoms with Gasteiger partial charge in [0, 0.05) is 37.1 Å². The highest BCUT2D eigenvalue weighted by atomic mass is 32.2. The van der Waals surface area contributed by atoms with E-state index in [0.717, 1.165) is 41.8 Å². The van der Waals surface area contributed by atoms with Crippen LogP contribution < -0.4 is 16.4 Å². The van der Waals surface area contributed by atoms with Gasteiger partial charge in [-0.15, -0.1) is 0 Å². The van der Waals surface area contributed by atoms with Crippen LogP contribution in [0.3, 0.4) is 0 Å². The maximum absolute atomic E-state index is 12.7. The Morgan fingerprint density at radius 2 is 1.72 bits per heavy atom. The van der Waals surface area contributed by atoms with Gasteiger partial charge in [0.05, 0.1) is 19.5 Å². The third-order valence-electron chi connectivity index (χ3n) is 7.95. The highest BCUT2D eigenvalue weighted by Gasteiger charge is 2.50. The fourth-order valence-corrected chi connectivity index (χ4v) is 8.49. The van der Waals surface area contributed by atoms with E-state index in [1.807, 2.05) is 25.2 Å². The molecule has 3 heterocycles. The Morgan fingerprint density at radius 3 is 2.41 bits per heavy atom. The van der Waals surface area contributed by atoms with E-state index in [2.05, 4.69) is 34.4 Å². The number of unbranched alkanes of at least 4 members (excludes halogenated alkanes) is 1. The van der Waals surface area contributed by atoms with Crippen molar-refractivity contribution in [2.45, 2.75) is 77.1 Å². The van der Waals surface area contributed by atoms with Gasteiger partial charge < -0.3 is 50.9 Å². The van der Waals surface area contributed by atoms with Gasteiger partial charge in [0.15, 0.2) is 22.8 Å². The molecule has 58 heavy (non-hydrogen) atoms. The maximum atomic E-state index is 12.7. The summed E-state index contributed by atoms with van der Waals surface area (Å²) in [5.74, 6) is -1.11. The number of aromatic nitrogens is 4. The van der Waals surface area contributed by atoms with Crippen molar-refractivity contribution >= 4 is 69.1 Å². The molecule has 28 heteroatoms. The summed E-state index contributed by atoms with van der Waals surface area (Å²) >= 11 is 1.07. The van der Waals surface area contributed by atoms with E-state index in [0.29, 0.717) is 5.75 Å². The summed E-state index contributed by atoms with van der Waals surface area (Å²) in [7, 11) is -16.4. The molecule has 0 aliphatic carbocycles. The van der Waals surface area contributed by atoms with Crippen molar-refractivity contribution in [2.75, 3.05) is 37.8 Å². The number of nitrogen functional groups attached to an aromatic ring is 1. The standard InChI is InChI=1S/C30H48N7O17P3S/c1-4-5-6-7-8-9-10-21(39)58-14-13-32-20(38)11-12-33-28(42)25(41)30(2,3)16-51-57(48,49)54-56(46,47)50-15-19-24(53-55(43,44)45)23(40)29(52-19)37-18-36-22-26(31)34-17-35-27(22)37/h4-5,8-9,17-19,23-25,29,40-41H,6-7,10-16H2,1-3H3,(H,32,38)(H,33,42)(H,46,47)(H,48,49)(H2,31,34,35)(H2,43,44,45)/b5-4+,9-8+. The first-order valence-corrected chi connectivity index (χ1v) is 22.9. The first-order chi connectivity index (χ1) is 27.1. The Kier molecular flexibility index (Phi) is 18.8. The quantitative estimate of drug-likeness (QED) is 0.0402. The van der Waals surface area contributed by atoms with Crippen LogP contribution in [0.15, 0.2) is 37.0 Å². The lowest BCUT2D eigenvalue weighted by Crippen LogP contribution is -2.46. The molecule has 10 N–H and O–H groups in total. The molecule has 7 atom stereocenters. The van der Waals surface area contributed by atoms with Crippen molar-refractivity contribution < 1.29 is 80.5 Å². The van der Waals surface area contributed by atoms with E-state index in [4.69, 9.17) is 19.5 Å². The van der Waals surface area contributed by atoms with E-state index in [-0.39, 0.29) is 48.0 Å². The van der Waals surface area contributed by atoms with Crippen molar-refractivity contribution in [3.63, 3.8) is 0 Å². The normalized spacial score (nSPS) is 21.6. The number of imidazole rings is 1. The van der Waals surface area contributed by atoms with Crippen LogP contribution >= 0.6 is 35.2 Å². The van der Waals surface area contributed by atoms with Gasteiger partial charge in [-0.25, -0.2) is 28.6 Å². The first-order valence-electron chi connectivity index (χ1n) is 17.4. The van der Waals surface area contributed by atoms with Crippen LogP contribution in [-0.4, -0.2) is 123 Å². The number of aliphatic hydroxyl groups is 2. The summed E-state index contributed by atoms with van der Waals surface area (Å²) in [5.41, 5.74) is 4.26. The average Bonchev–Trinajstić information content (AvgIpc) is 3.69. The molecular formula is C30H48N7O17P3S. The van der Waals surface area contributed by atoms with Gasteiger partial charge in [-0.3, -0.25) is 32.5 Å². The monoisotopic (exact) mass is 903 g/mol. The number of rotatable bonds is 24. The number of nitrogens with two attached hydrogens (primary N) is 1. The highest BCUT2D eigenvalue weighted by Crippen LogP contribution is 2.61. The predicted molar refractivity (Wildman–Crippen MR) is 205 cm³/mol. The third kappa shape index (κ3) is 15.9. The second-order valence-corrected chi connectivity index (χ2v) is 18.5. The lowest BCUT2D eigenvalue weighted by atomic mass is 9.87. The van der Waals surface area contributed by atoms with E-state index >= 15 is 0 Å². The molecule has 2 amide bonds. The number of carbonyl (C=O) groups is 3. The van der Waals surface area contributed by atoms with Gasteiger partial charge >= 0.3 is 23.5 Å². The van der Waals surface area contributed by atoms with E-state index < -0.39 is 84.6 Å². The fraction of sp³-hybridized carbons (Fsp3) is 0.600. The second-order valence-electron chi connectivity index (χ2n) is 13.1. The number of phosphoric ester groups is 3. The molecule has 7 unspecified atom stereocenters. The summed E-state index contributed by atoms with van der Waals surface area (Å²) in [5, 5.41) is 26.4. The molecule has 2 aromatic rings. The van der Waals surface area contributed by atoms with E-state index in [1.54, 1.807) is 6.08 Å². The topological polar surface area (TPSA) is 364 Å². The van der Waals surface area contributed by atoms with Gasteiger partial charge in [-0.1, -0.05) is 49.9 Å². The molecule has 2 aromatic heterocycles. The van der Waals surface area contributed by atoms with Gasteiger partial charge in [0.2, 0.25) is 11.8 Å². The zero-order chi connectivity index (χ0) is 43.3. The second kappa shape index (κ2) is 22.0. The van der Waals surface area contributed by atoms with Gasteiger partial charge in [-0.2, -0.15) is 4.31 Å². The number of nitrogens with zero attached hydrogens (tertiary/aromatic N) is 4. The van der Waals surface area contributed by atoms with Crippen molar-refractivity contribution in [3.05, 3.63) is 37.0 Å². The predicted octanol–water partition coefficient (Wildman–Crippen LogP) is 0.967. The number of ether oxygens (including phenoxy) is 1. The Hall–Kier alpha value is -2.96. The van der Waals surface area contributed by atoms with Crippen LogP contribution in [0.1, 0.15) is 52.7 Å². The summed E-state index contributed by atoms with van der Waals surface area (Å²) in [6.45, 7) is 2.43. The lowest BCUT2D eigenvalue weighted by molar-refractivity contribution is -0.137. The zero-order valence-electron chi connectivity index (χ0n) is 31.5. The number of hydrogen-bond acceptors (Lipinski definition) is 18. The Labute approximate surface area is 336 Å². The SMILES string of the molecule is C/C=C/CC/C=C/CC(=O)SCCNC(=O)CCNC(=O)C(O)C(C)(C)COP(=O)(O)OP(=O)(O)OCC1OC(n2cnc3c(N)ncnc32)C(O)C1OP(=O)(O)O. The number of amides is 2. The molecule has 1 aliphatic heterocycles. The summed E-state index contributed by atoms with van der Waals surface area (Å²) in [6.07, 6.45) is 2.80. The number of phosphoric acid groups is 3. The highest BCUT2D eigenvalue weighted by molar-refractivity contribution is 8.13. The molecule has 1 aliphatic rings. The molecule has 326 valence electrons. The Bertz CT molecular complexity index is 1930. The minimum Gasteiger partial charge on any atom is -0.386 e. The van der Waals surface area contributed by atoms with Crippen molar-refractivity contribution in [3.8, 4) is 0 Å². The molecule has 0 spiro atoms. The zero-order valence-corrected chi connectivity index (χ0v) is 35.0. The smallest absolute Gasteiger partial charge is 0.386 e. The molecule has 0 aromatic carbocycles. The number of anilines is 1. The number of aliphatic hydroxyl groups excluding tert-OH is 2. The number of nitrogens with one attached hydrogen (secondary N) is 2.